The van der Waals surface area contributed by atoms with Crippen LogP contribution in [0.4, 0.5) is 0 Å². The van der Waals surface area contributed by atoms with Gasteiger partial charge in [0.25, 0.3) is 0 Å². The Hall–Kier alpha value is -3.32. The van der Waals surface area contributed by atoms with Crippen molar-refractivity contribution in [1.82, 2.24) is 15.4 Å². The minimum Gasteiger partial charge on any atom is -0.495 e. The maximum Gasteiger partial charge on any atom is 0.232 e. The van der Waals surface area contributed by atoms with Gasteiger partial charge in [0.2, 0.25) is 5.89 Å². The number of nitrogens with one attached hydrogen (secondary N) is 1. The van der Waals surface area contributed by atoms with E-state index in [1.54, 1.807) is 13.3 Å². The smallest absolute Gasteiger partial charge is 0.232 e. The van der Waals surface area contributed by atoms with Gasteiger partial charge in [-0.1, -0.05) is 0 Å². The van der Waals surface area contributed by atoms with Crippen molar-refractivity contribution in [3.63, 3.8) is 0 Å². The molecule has 0 amide bonds. The van der Waals surface area contributed by atoms with Crippen LogP contribution in [0.2, 0.25) is 0 Å². The molecule has 126 valence electrons. The lowest BCUT2D eigenvalue weighted by Gasteiger charge is -2.06. The number of nitrogens with two attached hydrogens (primary N) is 1. The van der Waals surface area contributed by atoms with Gasteiger partial charge < -0.3 is 13.9 Å². The minimum atomic E-state index is 0.370. The molecular formula is C18H17N4O3+. The van der Waals surface area contributed by atoms with Crippen LogP contribution in [-0.4, -0.2) is 17.1 Å². The van der Waals surface area contributed by atoms with Gasteiger partial charge in [-0.25, -0.2) is 15.8 Å². The number of ether oxygens (including phenoxy) is 2. The average molecular weight is 337 g/mol. The SMILES string of the molecule is COc1ccc(COc2ccc3oc(C4=C[NH2+]NC=C4)nc3c2)nc1. The molecule has 0 unspecified atom stereocenters. The molecule has 3 aromatic rings. The molecule has 0 saturated carbocycles. The maximum atomic E-state index is 5.80. The third-order valence-corrected chi connectivity index (χ3v) is 3.74. The van der Waals surface area contributed by atoms with Crippen LogP contribution in [0.5, 0.6) is 11.5 Å². The molecule has 1 aromatic carbocycles. The second-order valence-corrected chi connectivity index (χ2v) is 5.42. The normalized spacial score (nSPS) is 13.4. The number of methoxy groups -OCH3 is 1. The third-order valence-electron chi connectivity index (χ3n) is 3.74. The molecule has 0 bridgehead atoms. The molecule has 3 heterocycles. The lowest BCUT2D eigenvalue weighted by atomic mass is 10.2. The minimum absolute atomic E-state index is 0.370. The van der Waals surface area contributed by atoms with E-state index >= 15 is 0 Å². The zero-order valence-electron chi connectivity index (χ0n) is 13.6. The number of quaternary nitrogens is 1. The summed E-state index contributed by atoms with van der Waals surface area (Å²) in [6.07, 6.45) is 7.33. The highest BCUT2D eigenvalue weighted by atomic mass is 16.5. The molecular weight excluding hydrogens is 320 g/mol. The quantitative estimate of drug-likeness (QED) is 0.690. The fourth-order valence-electron chi connectivity index (χ4n) is 2.42. The summed E-state index contributed by atoms with van der Waals surface area (Å²) >= 11 is 0. The zero-order valence-corrected chi connectivity index (χ0v) is 13.6. The van der Waals surface area contributed by atoms with E-state index < -0.39 is 0 Å². The van der Waals surface area contributed by atoms with Gasteiger partial charge >= 0.3 is 0 Å². The standard InChI is InChI=1S/C18H16N4O3/c1-23-15-3-2-13(19-10-15)11-24-14-4-5-17-16(8-14)22-18(25-17)12-6-7-20-21-9-12/h2-10,20-21H,11H2,1H3/p+1. The molecule has 1 aliphatic rings. The molecule has 0 radical (unpaired) electrons. The Balaban J connectivity index is 1.50. The van der Waals surface area contributed by atoms with E-state index in [-0.39, 0.29) is 0 Å². The summed E-state index contributed by atoms with van der Waals surface area (Å²) in [5, 5.41) is 0. The molecule has 25 heavy (non-hydrogen) atoms. The van der Waals surface area contributed by atoms with Crippen molar-refractivity contribution in [2.24, 2.45) is 0 Å². The number of pyridine rings is 1. The van der Waals surface area contributed by atoms with E-state index in [1.165, 1.54) is 0 Å². The first-order valence-electron chi connectivity index (χ1n) is 7.80. The number of hydrogen-bond acceptors (Lipinski definition) is 6. The predicted octanol–water partition coefficient (Wildman–Crippen LogP) is 1.75. The molecule has 7 heteroatoms. The van der Waals surface area contributed by atoms with Crippen molar-refractivity contribution in [2.45, 2.75) is 6.61 Å². The first-order chi connectivity index (χ1) is 12.3. The Bertz CT molecular complexity index is 945. The fourth-order valence-corrected chi connectivity index (χ4v) is 2.42. The van der Waals surface area contributed by atoms with E-state index in [2.05, 4.69) is 15.4 Å². The van der Waals surface area contributed by atoms with Crippen LogP contribution >= 0.6 is 0 Å². The Morgan fingerprint density at radius 2 is 2.12 bits per heavy atom. The number of fused-ring (bicyclic) bond motifs is 1. The molecule has 0 saturated heterocycles. The van der Waals surface area contributed by atoms with Crippen molar-refractivity contribution >= 4 is 16.7 Å². The van der Waals surface area contributed by atoms with E-state index in [9.17, 15) is 0 Å². The van der Waals surface area contributed by atoms with E-state index in [1.807, 2.05) is 54.2 Å². The number of nitrogens with zero attached hydrogens (tertiary/aromatic N) is 2. The van der Waals surface area contributed by atoms with Gasteiger partial charge in [-0.3, -0.25) is 4.98 Å². The molecule has 0 spiro atoms. The van der Waals surface area contributed by atoms with Gasteiger partial charge in [0.05, 0.1) is 30.8 Å². The summed E-state index contributed by atoms with van der Waals surface area (Å²) in [6.45, 7) is 0.370. The number of rotatable bonds is 5. The third kappa shape index (κ3) is 3.31. The summed E-state index contributed by atoms with van der Waals surface area (Å²) < 4.78 is 16.7. The van der Waals surface area contributed by atoms with Crippen molar-refractivity contribution in [3.05, 3.63) is 66.6 Å². The molecule has 0 atom stereocenters. The lowest BCUT2D eigenvalue weighted by molar-refractivity contribution is -0.639. The summed E-state index contributed by atoms with van der Waals surface area (Å²) in [7, 11) is 1.61. The summed E-state index contributed by atoms with van der Waals surface area (Å²) in [5.41, 5.74) is 8.03. The number of benzene rings is 1. The Morgan fingerprint density at radius 1 is 1.20 bits per heavy atom. The monoisotopic (exact) mass is 337 g/mol. The van der Waals surface area contributed by atoms with Crippen molar-refractivity contribution < 1.29 is 19.3 Å². The van der Waals surface area contributed by atoms with Gasteiger partial charge in [-0.05, 0) is 30.3 Å². The van der Waals surface area contributed by atoms with Crippen molar-refractivity contribution in [1.29, 1.82) is 0 Å². The number of hydrogen-bond donors (Lipinski definition) is 2. The molecule has 0 fully saturated rings. The van der Waals surface area contributed by atoms with Gasteiger partial charge in [-0.15, -0.1) is 0 Å². The van der Waals surface area contributed by atoms with E-state index in [0.717, 1.165) is 28.1 Å². The molecule has 1 aliphatic heterocycles. The van der Waals surface area contributed by atoms with E-state index in [0.29, 0.717) is 18.2 Å². The predicted molar refractivity (Wildman–Crippen MR) is 91.3 cm³/mol. The van der Waals surface area contributed by atoms with Gasteiger partial charge in [0.15, 0.2) is 5.58 Å². The van der Waals surface area contributed by atoms with Crippen LogP contribution in [0, 0.1) is 0 Å². The van der Waals surface area contributed by atoms with Gasteiger partial charge in [0, 0.05) is 6.07 Å². The molecule has 4 rings (SSSR count). The zero-order chi connectivity index (χ0) is 17.1. The van der Waals surface area contributed by atoms with Crippen molar-refractivity contribution in [2.75, 3.05) is 7.11 Å². The molecule has 0 aliphatic carbocycles. The second kappa shape index (κ2) is 6.66. The molecule has 3 N–H and O–H groups in total. The molecule has 2 aromatic heterocycles. The summed E-state index contributed by atoms with van der Waals surface area (Å²) in [4.78, 5) is 8.81. The van der Waals surface area contributed by atoms with Gasteiger partial charge in [-0.2, -0.15) is 0 Å². The second-order valence-electron chi connectivity index (χ2n) is 5.42. The average Bonchev–Trinajstić information content (AvgIpc) is 3.11. The van der Waals surface area contributed by atoms with Crippen LogP contribution in [0.1, 0.15) is 11.6 Å². The van der Waals surface area contributed by atoms with Crippen LogP contribution in [-0.2, 0) is 6.61 Å². The number of aromatic nitrogens is 2. The summed E-state index contributed by atoms with van der Waals surface area (Å²) in [5.74, 6) is 2.02. The molecule has 7 nitrogen and oxygen atoms in total. The largest absolute Gasteiger partial charge is 0.495 e. The first kappa shape index (κ1) is 15.2. The summed E-state index contributed by atoms with van der Waals surface area (Å²) in [6, 6.07) is 9.31. The lowest BCUT2D eigenvalue weighted by Crippen LogP contribution is -2.87. The first-order valence-corrected chi connectivity index (χ1v) is 7.80. The highest BCUT2D eigenvalue weighted by Gasteiger charge is 2.12. The Morgan fingerprint density at radius 3 is 2.88 bits per heavy atom. The van der Waals surface area contributed by atoms with Crippen LogP contribution in [0.3, 0.4) is 0 Å². The topological polar surface area (TPSA) is 86.0 Å². The highest BCUT2D eigenvalue weighted by molar-refractivity contribution is 5.79. The van der Waals surface area contributed by atoms with Crippen molar-refractivity contribution in [3.8, 4) is 11.5 Å². The Kier molecular flexibility index (Phi) is 4.05. The van der Waals surface area contributed by atoms with E-state index in [4.69, 9.17) is 13.9 Å². The van der Waals surface area contributed by atoms with Crippen LogP contribution in [0.15, 0.2) is 59.4 Å². The van der Waals surface area contributed by atoms with Crippen LogP contribution in [0.25, 0.3) is 16.7 Å². The fraction of sp³-hybridized carbons (Fsp3) is 0.111. The van der Waals surface area contributed by atoms with Crippen LogP contribution < -0.4 is 20.3 Å². The van der Waals surface area contributed by atoms with Gasteiger partial charge in [0.1, 0.15) is 29.8 Å². The Labute approximate surface area is 144 Å². The maximum absolute atomic E-state index is 5.80. The highest BCUT2D eigenvalue weighted by Crippen LogP contribution is 2.25. The number of oxazole rings is 1. The number of allylic oxidation sites excluding steroid dienone is 2.